The molecule has 0 bridgehead atoms. The van der Waals surface area contributed by atoms with Gasteiger partial charge in [0.2, 0.25) is 0 Å². The first-order chi connectivity index (χ1) is 29.7. The number of para-hydroxylation sites is 4. The highest BCUT2D eigenvalue weighted by molar-refractivity contribution is 6.12. The number of fused-ring (bicyclic) bond motifs is 7. The van der Waals surface area contributed by atoms with Crippen LogP contribution in [0.1, 0.15) is 0 Å². The Bertz CT molecular complexity index is 3560. The van der Waals surface area contributed by atoms with Crippen LogP contribution in [0.3, 0.4) is 0 Å². The summed E-state index contributed by atoms with van der Waals surface area (Å²) in [6.07, 6.45) is 0. The zero-order valence-electron chi connectivity index (χ0n) is 32.6. The van der Waals surface area contributed by atoms with Crippen LogP contribution in [0.15, 0.2) is 218 Å². The zero-order chi connectivity index (χ0) is 39.6. The summed E-state index contributed by atoms with van der Waals surface area (Å²) < 4.78 is 4.77. The van der Waals surface area contributed by atoms with Crippen molar-refractivity contribution in [3.05, 3.63) is 218 Å². The maximum absolute atomic E-state index is 5.08. The van der Waals surface area contributed by atoms with Gasteiger partial charge in [0.05, 0.1) is 33.3 Å². The summed E-state index contributed by atoms with van der Waals surface area (Å²) in [6, 6.07) is 78.0. The summed E-state index contributed by atoms with van der Waals surface area (Å²) in [6.45, 7) is 0. The molecule has 4 heteroatoms. The van der Waals surface area contributed by atoms with Crippen LogP contribution in [0.4, 0.5) is 0 Å². The van der Waals surface area contributed by atoms with E-state index in [1.54, 1.807) is 0 Å². The fraction of sp³-hybridized carbons (Fsp3) is 0. The molecular weight excluding hydrogens is 729 g/mol. The van der Waals surface area contributed by atoms with E-state index in [4.69, 9.17) is 9.97 Å². The number of rotatable bonds is 6. The molecule has 0 aliphatic rings. The normalized spacial score (nSPS) is 11.7. The molecule has 0 N–H and O–H groups in total. The molecule has 0 fully saturated rings. The zero-order valence-corrected chi connectivity index (χ0v) is 32.6. The fourth-order valence-corrected chi connectivity index (χ4v) is 9.07. The van der Waals surface area contributed by atoms with E-state index in [1.807, 2.05) is 18.2 Å². The molecule has 3 aromatic heterocycles. The molecule has 60 heavy (non-hydrogen) atoms. The average molecular weight is 765 g/mol. The van der Waals surface area contributed by atoms with Crippen LogP contribution >= 0.6 is 0 Å². The number of aromatic nitrogens is 4. The summed E-state index contributed by atoms with van der Waals surface area (Å²) in [5.74, 6) is 0.722. The van der Waals surface area contributed by atoms with Crippen LogP contribution in [-0.2, 0) is 0 Å². The third-order valence-electron chi connectivity index (χ3n) is 11.9. The molecule has 4 nitrogen and oxygen atoms in total. The second-order valence-corrected chi connectivity index (χ2v) is 15.4. The molecule has 0 atom stereocenters. The van der Waals surface area contributed by atoms with Crippen molar-refractivity contribution >= 4 is 54.5 Å². The number of benzene rings is 9. The van der Waals surface area contributed by atoms with Crippen LogP contribution < -0.4 is 0 Å². The highest BCUT2D eigenvalue weighted by Gasteiger charge is 2.17. The number of hydrogen-bond donors (Lipinski definition) is 0. The molecule has 0 radical (unpaired) electrons. The van der Waals surface area contributed by atoms with E-state index in [-0.39, 0.29) is 0 Å². The first kappa shape index (κ1) is 34.0. The van der Waals surface area contributed by atoms with Gasteiger partial charge in [-0.2, -0.15) is 0 Å². The molecule has 280 valence electrons. The Labute approximate surface area is 346 Å². The summed E-state index contributed by atoms with van der Waals surface area (Å²) in [4.78, 5) is 10.0. The lowest BCUT2D eigenvalue weighted by Crippen LogP contribution is -1.95. The van der Waals surface area contributed by atoms with Gasteiger partial charge in [-0.3, -0.25) is 0 Å². The van der Waals surface area contributed by atoms with E-state index in [9.17, 15) is 0 Å². The summed E-state index contributed by atoms with van der Waals surface area (Å²) in [5.41, 5.74) is 15.7. The Kier molecular flexibility index (Phi) is 7.82. The molecule has 0 saturated heterocycles. The Hall–Kier alpha value is -8.08. The van der Waals surface area contributed by atoms with E-state index in [2.05, 4.69) is 209 Å². The first-order valence-corrected chi connectivity index (χ1v) is 20.4. The van der Waals surface area contributed by atoms with E-state index < -0.39 is 0 Å². The molecule has 0 unspecified atom stereocenters. The predicted molar refractivity (Wildman–Crippen MR) is 250 cm³/mol. The van der Waals surface area contributed by atoms with E-state index in [0.717, 1.165) is 56.0 Å². The molecule has 9 aromatic carbocycles. The lowest BCUT2D eigenvalue weighted by atomic mass is 10.0. The van der Waals surface area contributed by atoms with Gasteiger partial charge in [0.1, 0.15) is 0 Å². The lowest BCUT2D eigenvalue weighted by molar-refractivity contribution is 1.18. The van der Waals surface area contributed by atoms with Gasteiger partial charge in [-0.25, -0.2) is 9.97 Å². The van der Waals surface area contributed by atoms with Crippen molar-refractivity contribution in [1.82, 2.24) is 19.1 Å². The Balaban J connectivity index is 0.896. The first-order valence-electron chi connectivity index (χ1n) is 20.4. The van der Waals surface area contributed by atoms with Gasteiger partial charge in [0, 0.05) is 49.4 Å². The molecule has 0 amide bonds. The molecule has 0 saturated carbocycles. The standard InChI is InChI=1S/C56H36N4/c1-3-13-39(14-4-1)55-48-19-7-10-20-50(48)57-56(58-55)40-25-23-37(24-26-40)38-27-31-44(32-28-38)59-52-22-12-9-18-46(52)49-35-41(30-34-53(49)59)42-29-33-47-45-17-8-11-21-51(45)60(54(47)36-42)43-15-5-2-6-16-43/h1-36H. The minimum atomic E-state index is 0.722. The maximum atomic E-state index is 5.08. The van der Waals surface area contributed by atoms with Crippen molar-refractivity contribution in [3.63, 3.8) is 0 Å². The number of nitrogens with zero attached hydrogens (tertiary/aromatic N) is 4. The highest BCUT2D eigenvalue weighted by atomic mass is 15.0. The van der Waals surface area contributed by atoms with Crippen molar-refractivity contribution in [2.75, 3.05) is 0 Å². The van der Waals surface area contributed by atoms with E-state index in [1.165, 1.54) is 54.7 Å². The van der Waals surface area contributed by atoms with Gasteiger partial charge < -0.3 is 9.13 Å². The van der Waals surface area contributed by atoms with Crippen LogP contribution in [0.25, 0.3) is 111 Å². The van der Waals surface area contributed by atoms with Gasteiger partial charge in [-0.15, -0.1) is 0 Å². The Morgan fingerprint density at radius 2 is 0.750 bits per heavy atom. The van der Waals surface area contributed by atoms with Crippen LogP contribution in [-0.4, -0.2) is 19.1 Å². The lowest BCUT2D eigenvalue weighted by Gasteiger charge is -2.11. The summed E-state index contributed by atoms with van der Waals surface area (Å²) >= 11 is 0. The Morgan fingerprint density at radius 3 is 1.48 bits per heavy atom. The number of hydrogen-bond acceptors (Lipinski definition) is 2. The topological polar surface area (TPSA) is 35.6 Å². The summed E-state index contributed by atoms with van der Waals surface area (Å²) in [7, 11) is 0. The smallest absolute Gasteiger partial charge is 0.160 e. The van der Waals surface area contributed by atoms with E-state index in [0.29, 0.717) is 0 Å². The molecule has 0 aliphatic carbocycles. The van der Waals surface area contributed by atoms with Crippen molar-refractivity contribution < 1.29 is 0 Å². The van der Waals surface area contributed by atoms with Crippen LogP contribution in [0.2, 0.25) is 0 Å². The molecule has 3 heterocycles. The summed E-state index contributed by atoms with van der Waals surface area (Å²) in [5, 5.41) is 6.04. The predicted octanol–water partition coefficient (Wildman–Crippen LogP) is 14.5. The Morgan fingerprint density at radius 1 is 0.267 bits per heavy atom. The van der Waals surface area contributed by atoms with Crippen LogP contribution in [0.5, 0.6) is 0 Å². The molecule has 0 spiro atoms. The van der Waals surface area contributed by atoms with Crippen molar-refractivity contribution in [1.29, 1.82) is 0 Å². The second kappa shape index (κ2) is 13.8. The monoisotopic (exact) mass is 764 g/mol. The van der Waals surface area contributed by atoms with Gasteiger partial charge in [-0.05, 0) is 82.9 Å². The SMILES string of the molecule is c1ccc(-c2nc(-c3ccc(-c4ccc(-n5c6ccccc6c6cc(-c7ccc8c9ccccc9n(-c9ccccc9)c8c7)ccc65)cc4)cc3)nc3ccccc23)cc1. The maximum Gasteiger partial charge on any atom is 0.160 e. The highest BCUT2D eigenvalue weighted by Crippen LogP contribution is 2.39. The van der Waals surface area contributed by atoms with Gasteiger partial charge in [-0.1, -0.05) is 158 Å². The quantitative estimate of drug-likeness (QED) is 0.169. The van der Waals surface area contributed by atoms with Crippen molar-refractivity contribution in [2.24, 2.45) is 0 Å². The molecule has 0 aliphatic heterocycles. The third kappa shape index (κ3) is 5.53. The minimum Gasteiger partial charge on any atom is -0.309 e. The average Bonchev–Trinajstić information content (AvgIpc) is 3.84. The second-order valence-electron chi connectivity index (χ2n) is 15.4. The molecule has 12 aromatic rings. The van der Waals surface area contributed by atoms with E-state index >= 15 is 0 Å². The van der Waals surface area contributed by atoms with Crippen molar-refractivity contribution in [2.45, 2.75) is 0 Å². The van der Waals surface area contributed by atoms with Gasteiger partial charge in [0.25, 0.3) is 0 Å². The van der Waals surface area contributed by atoms with Gasteiger partial charge >= 0.3 is 0 Å². The largest absolute Gasteiger partial charge is 0.309 e. The van der Waals surface area contributed by atoms with Gasteiger partial charge in [0.15, 0.2) is 5.82 Å². The van der Waals surface area contributed by atoms with Crippen molar-refractivity contribution in [3.8, 4) is 56.3 Å². The fourth-order valence-electron chi connectivity index (χ4n) is 9.07. The minimum absolute atomic E-state index is 0.722. The third-order valence-corrected chi connectivity index (χ3v) is 11.9. The van der Waals surface area contributed by atoms with Crippen LogP contribution in [0, 0.1) is 0 Å². The molecular formula is C56H36N4. The molecule has 12 rings (SSSR count).